The van der Waals surface area contributed by atoms with Crippen molar-refractivity contribution < 1.29 is 8.42 Å². The number of rotatable bonds is 6. The van der Waals surface area contributed by atoms with Crippen molar-refractivity contribution in [1.82, 2.24) is 9.62 Å². The SMILES string of the molecule is Cc1cc(C)c(S(=O)(=O)NCCCN(C)C)c(C)c1. The van der Waals surface area contributed by atoms with Crippen LogP contribution in [0.2, 0.25) is 0 Å². The molecule has 1 aromatic rings. The molecule has 1 aromatic carbocycles. The molecule has 1 N–H and O–H groups in total. The number of benzene rings is 1. The van der Waals surface area contributed by atoms with Crippen LogP contribution < -0.4 is 4.72 Å². The minimum Gasteiger partial charge on any atom is -0.309 e. The minimum atomic E-state index is -3.40. The quantitative estimate of drug-likeness (QED) is 0.811. The molecule has 0 saturated heterocycles. The molecule has 0 aliphatic rings. The molecule has 4 nitrogen and oxygen atoms in total. The molecule has 1 rings (SSSR count). The van der Waals surface area contributed by atoms with E-state index in [4.69, 9.17) is 0 Å². The van der Waals surface area contributed by atoms with Crippen LogP contribution in [0.15, 0.2) is 17.0 Å². The van der Waals surface area contributed by atoms with E-state index in [1.807, 2.05) is 51.9 Å². The number of hydrogen-bond donors (Lipinski definition) is 1. The maximum atomic E-state index is 12.3. The highest BCUT2D eigenvalue weighted by atomic mass is 32.2. The fraction of sp³-hybridized carbons (Fsp3) is 0.571. The molecule has 0 atom stereocenters. The van der Waals surface area contributed by atoms with Gasteiger partial charge in [0, 0.05) is 6.54 Å². The van der Waals surface area contributed by atoms with Crippen molar-refractivity contribution in [3.63, 3.8) is 0 Å². The summed E-state index contributed by atoms with van der Waals surface area (Å²) in [6.07, 6.45) is 0.802. The van der Waals surface area contributed by atoms with Gasteiger partial charge >= 0.3 is 0 Å². The van der Waals surface area contributed by atoms with Gasteiger partial charge in [-0.2, -0.15) is 0 Å². The van der Waals surface area contributed by atoms with Gasteiger partial charge in [-0.15, -0.1) is 0 Å². The third-order valence-electron chi connectivity index (χ3n) is 2.95. The van der Waals surface area contributed by atoms with Crippen molar-refractivity contribution in [1.29, 1.82) is 0 Å². The highest BCUT2D eigenvalue weighted by Crippen LogP contribution is 2.21. The summed E-state index contributed by atoms with van der Waals surface area (Å²) in [4.78, 5) is 2.46. The third kappa shape index (κ3) is 4.60. The Morgan fingerprint density at radius 3 is 2.11 bits per heavy atom. The first-order valence-corrected chi connectivity index (χ1v) is 7.94. The van der Waals surface area contributed by atoms with Crippen molar-refractivity contribution in [3.05, 3.63) is 28.8 Å². The van der Waals surface area contributed by atoms with E-state index in [-0.39, 0.29) is 0 Å². The van der Waals surface area contributed by atoms with Crippen LogP contribution in [0, 0.1) is 20.8 Å². The zero-order valence-corrected chi connectivity index (χ0v) is 13.3. The summed E-state index contributed by atoms with van der Waals surface area (Å²) in [5, 5.41) is 0. The van der Waals surface area contributed by atoms with Gasteiger partial charge in [0.1, 0.15) is 0 Å². The molecule has 0 saturated carbocycles. The van der Waals surface area contributed by atoms with Crippen LogP contribution in [-0.4, -0.2) is 40.5 Å². The second kappa shape index (κ2) is 6.50. The molecule has 108 valence electrons. The van der Waals surface area contributed by atoms with Crippen molar-refractivity contribution >= 4 is 10.0 Å². The highest BCUT2D eigenvalue weighted by Gasteiger charge is 2.19. The largest absolute Gasteiger partial charge is 0.309 e. The van der Waals surface area contributed by atoms with Crippen LogP contribution >= 0.6 is 0 Å². The lowest BCUT2D eigenvalue weighted by Gasteiger charge is -2.14. The summed E-state index contributed by atoms with van der Waals surface area (Å²) in [7, 11) is 0.545. The highest BCUT2D eigenvalue weighted by molar-refractivity contribution is 7.89. The number of nitrogens with zero attached hydrogens (tertiary/aromatic N) is 1. The molecular weight excluding hydrogens is 260 g/mol. The average molecular weight is 284 g/mol. The van der Waals surface area contributed by atoms with Gasteiger partial charge in [0.2, 0.25) is 10.0 Å². The van der Waals surface area contributed by atoms with E-state index >= 15 is 0 Å². The van der Waals surface area contributed by atoms with Crippen molar-refractivity contribution in [2.45, 2.75) is 32.1 Å². The van der Waals surface area contributed by atoms with Gasteiger partial charge in [0.05, 0.1) is 4.90 Å². The van der Waals surface area contributed by atoms with Crippen LogP contribution in [0.25, 0.3) is 0 Å². The Morgan fingerprint density at radius 2 is 1.63 bits per heavy atom. The standard InChI is InChI=1S/C14H24N2O2S/c1-11-9-12(2)14(13(3)10-11)19(17,18)15-7-6-8-16(4)5/h9-10,15H,6-8H2,1-5H3. The predicted molar refractivity (Wildman–Crippen MR) is 79.0 cm³/mol. The van der Waals surface area contributed by atoms with E-state index in [0.29, 0.717) is 11.4 Å². The van der Waals surface area contributed by atoms with Crippen molar-refractivity contribution in [2.24, 2.45) is 0 Å². The molecule has 0 spiro atoms. The molecule has 0 amide bonds. The molecule has 0 unspecified atom stereocenters. The Balaban J connectivity index is 2.84. The molecule has 0 bridgehead atoms. The number of aryl methyl sites for hydroxylation is 3. The van der Waals surface area contributed by atoms with Crippen LogP contribution in [-0.2, 0) is 10.0 Å². The van der Waals surface area contributed by atoms with Gasteiger partial charge in [0.15, 0.2) is 0 Å². The van der Waals surface area contributed by atoms with Crippen LogP contribution in [0.1, 0.15) is 23.1 Å². The number of nitrogens with one attached hydrogen (secondary N) is 1. The van der Waals surface area contributed by atoms with Gasteiger partial charge in [-0.1, -0.05) is 17.7 Å². The Kier molecular flexibility index (Phi) is 5.52. The molecule has 19 heavy (non-hydrogen) atoms. The Bertz CT molecular complexity index is 513. The molecule has 0 aliphatic carbocycles. The van der Waals surface area contributed by atoms with Gasteiger partial charge < -0.3 is 4.90 Å². The summed E-state index contributed by atoms with van der Waals surface area (Å²) < 4.78 is 27.3. The van der Waals surface area contributed by atoms with Gasteiger partial charge in [0.25, 0.3) is 0 Å². The molecule has 5 heteroatoms. The van der Waals surface area contributed by atoms with E-state index < -0.39 is 10.0 Å². The Hall–Kier alpha value is -0.910. The molecule has 0 aliphatic heterocycles. The summed E-state index contributed by atoms with van der Waals surface area (Å²) >= 11 is 0. The maximum Gasteiger partial charge on any atom is 0.241 e. The smallest absolute Gasteiger partial charge is 0.241 e. The minimum absolute atomic E-state index is 0.419. The van der Waals surface area contributed by atoms with Crippen molar-refractivity contribution in [2.75, 3.05) is 27.2 Å². The van der Waals surface area contributed by atoms with Gasteiger partial charge in [-0.3, -0.25) is 0 Å². The summed E-state index contributed by atoms with van der Waals surface area (Å²) in [6, 6.07) is 3.81. The Morgan fingerprint density at radius 1 is 1.11 bits per heavy atom. The lowest BCUT2D eigenvalue weighted by molar-refractivity contribution is 0.400. The topological polar surface area (TPSA) is 49.4 Å². The molecule has 0 heterocycles. The van der Waals surface area contributed by atoms with E-state index in [1.165, 1.54) is 0 Å². The van der Waals surface area contributed by atoms with E-state index in [0.717, 1.165) is 29.7 Å². The zero-order chi connectivity index (χ0) is 14.6. The summed E-state index contributed by atoms with van der Waals surface area (Å²) in [6.45, 7) is 6.99. The maximum absolute atomic E-state index is 12.3. The van der Waals surface area contributed by atoms with Gasteiger partial charge in [-0.05, 0) is 59.0 Å². The number of sulfonamides is 1. The summed E-state index contributed by atoms with van der Waals surface area (Å²) in [5.41, 5.74) is 2.69. The first-order valence-electron chi connectivity index (χ1n) is 6.46. The second-order valence-electron chi connectivity index (χ2n) is 5.28. The third-order valence-corrected chi connectivity index (χ3v) is 4.71. The van der Waals surface area contributed by atoms with Crippen LogP contribution in [0.4, 0.5) is 0 Å². The first kappa shape index (κ1) is 16.1. The fourth-order valence-electron chi connectivity index (χ4n) is 2.26. The Labute approximate surface area is 116 Å². The molecule has 0 aromatic heterocycles. The second-order valence-corrected chi connectivity index (χ2v) is 6.99. The number of hydrogen-bond acceptors (Lipinski definition) is 3. The molecule has 0 radical (unpaired) electrons. The molecule has 0 fully saturated rings. The fourth-order valence-corrected chi connectivity index (χ4v) is 3.79. The van der Waals surface area contributed by atoms with Crippen LogP contribution in [0.5, 0.6) is 0 Å². The van der Waals surface area contributed by atoms with E-state index in [1.54, 1.807) is 0 Å². The van der Waals surface area contributed by atoms with Crippen molar-refractivity contribution in [3.8, 4) is 0 Å². The molecular formula is C14H24N2O2S. The first-order chi connectivity index (χ1) is 8.74. The predicted octanol–water partition coefficient (Wildman–Crippen LogP) is 1.84. The monoisotopic (exact) mass is 284 g/mol. The lowest BCUT2D eigenvalue weighted by Crippen LogP contribution is -2.28. The lowest BCUT2D eigenvalue weighted by atomic mass is 10.1. The van der Waals surface area contributed by atoms with Crippen LogP contribution in [0.3, 0.4) is 0 Å². The normalized spacial score (nSPS) is 12.1. The zero-order valence-electron chi connectivity index (χ0n) is 12.4. The summed E-state index contributed by atoms with van der Waals surface area (Å²) in [5.74, 6) is 0. The van der Waals surface area contributed by atoms with E-state index in [2.05, 4.69) is 4.72 Å². The van der Waals surface area contributed by atoms with E-state index in [9.17, 15) is 8.42 Å². The van der Waals surface area contributed by atoms with Gasteiger partial charge in [-0.25, -0.2) is 13.1 Å². The average Bonchev–Trinajstić information content (AvgIpc) is 2.22.